The van der Waals surface area contributed by atoms with Gasteiger partial charge in [0.2, 0.25) is 0 Å². The minimum absolute atomic E-state index is 0.0674. The summed E-state index contributed by atoms with van der Waals surface area (Å²) in [4.78, 5) is 12.3. The van der Waals surface area contributed by atoms with Gasteiger partial charge in [-0.1, -0.05) is 26.0 Å². The van der Waals surface area contributed by atoms with E-state index in [1.165, 1.54) is 51.4 Å². The van der Waals surface area contributed by atoms with E-state index in [1.54, 1.807) is 0 Å². The Morgan fingerprint density at radius 3 is 2.11 bits per heavy atom. The van der Waals surface area contributed by atoms with Crippen molar-refractivity contribution < 1.29 is 9.90 Å². The lowest BCUT2D eigenvalue weighted by Gasteiger charge is -2.68. The fraction of sp³-hybridized carbons (Fsp3) is 0.885. The van der Waals surface area contributed by atoms with Crippen molar-refractivity contribution in [1.29, 1.82) is 0 Å². The van der Waals surface area contributed by atoms with Crippen molar-refractivity contribution in [2.75, 3.05) is 0 Å². The van der Waals surface area contributed by atoms with E-state index in [0.717, 1.165) is 36.0 Å². The van der Waals surface area contributed by atoms with Gasteiger partial charge in [0.1, 0.15) is 0 Å². The Morgan fingerprint density at radius 1 is 0.893 bits per heavy atom. The molecule has 0 aliphatic heterocycles. The number of fused-ring (bicyclic) bond motifs is 9. The molecule has 1 N–H and O–H groups in total. The third-order valence-electron chi connectivity index (χ3n) is 12.3. The fourth-order valence-electron chi connectivity index (χ4n) is 11.7. The lowest BCUT2D eigenvalue weighted by molar-refractivity contribution is -0.187. The van der Waals surface area contributed by atoms with Crippen molar-refractivity contribution in [1.82, 2.24) is 0 Å². The van der Waals surface area contributed by atoms with E-state index in [-0.39, 0.29) is 16.7 Å². The molecule has 0 saturated heterocycles. The lowest BCUT2D eigenvalue weighted by atomic mass is 9.37. The summed E-state index contributed by atoms with van der Waals surface area (Å²) >= 11 is 0. The molecule has 0 spiro atoms. The number of carboxylic acids is 1. The third kappa shape index (κ3) is 1.70. The first-order valence-corrected chi connectivity index (χ1v) is 12.2. The van der Waals surface area contributed by atoms with Crippen LogP contribution in [0.3, 0.4) is 0 Å². The molecule has 0 aromatic heterocycles. The molecule has 0 heterocycles. The Labute approximate surface area is 169 Å². The second-order valence-electron chi connectivity index (χ2n) is 13.0. The van der Waals surface area contributed by atoms with Crippen LogP contribution in [0.25, 0.3) is 0 Å². The fourth-order valence-corrected chi connectivity index (χ4v) is 11.7. The molecule has 7 atom stereocenters. The summed E-state index contributed by atoms with van der Waals surface area (Å²) in [6, 6.07) is 0. The van der Waals surface area contributed by atoms with Gasteiger partial charge in [0.25, 0.3) is 0 Å². The molecule has 0 radical (unpaired) electrons. The molecule has 152 valence electrons. The van der Waals surface area contributed by atoms with Crippen LogP contribution in [0.2, 0.25) is 0 Å². The van der Waals surface area contributed by atoms with Crippen molar-refractivity contribution in [2.45, 2.75) is 71.6 Å². The van der Waals surface area contributed by atoms with Crippen LogP contribution in [-0.2, 0) is 4.79 Å². The number of hydrogen-bond donors (Lipinski definition) is 1. The first-order valence-electron chi connectivity index (χ1n) is 12.2. The van der Waals surface area contributed by atoms with Crippen molar-refractivity contribution in [3.63, 3.8) is 0 Å². The van der Waals surface area contributed by atoms with Crippen LogP contribution in [0, 0.1) is 69.5 Å². The summed E-state index contributed by atoms with van der Waals surface area (Å²) in [6.45, 7) is 5.28. The van der Waals surface area contributed by atoms with Gasteiger partial charge >= 0.3 is 5.97 Å². The number of carbonyl (C=O) groups is 1. The highest BCUT2D eigenvalue weighted by Gasteiger charge is 2.75. The minimum Gasteiger partial charge on any atom is -0.481 e. The van der Waals surface area contributed by atoms with Crippen LogP contribution >= 0.6 is 0 Å². The second-order valence-corrected chi connectivity index (χ2v) is 13.0. The number of allylic oxidation sites excluding steroid dienone is 2. The molecule has 7 saturated carbocycles. The first kappa shape index (κ1) is 16.9. The van der Waals surface area contributed by atoms with E-state index in [9.17, 15) is 9.90 Å². The van der Waals surface area contributed by atoms with Gasteiger partial charge in [-0.2, -0.15) is 0 Å². The van der Waals surface area contributed by atoms with Gasteiger partial charge in [-0.05, 0) is 121 Å². The number of hydrogen-bond acceptors (Lipinski definition) is 1. The molecule has 8 aliphatic rings. The quantitative estimate of drug-likeness (QED) is 0.498. The molecule has 8 aliphatic carbocycles. The molecule has 8 bridgehead atoms. The van der Waals surface area contributed by atoms with Crippen molar-refractivity contribution >= 4 is 5.97 Å². The molecule has 8 rings (SSSR count). The maximum Gasteiger partial charge on any atom is 0.306 e. The summed E-state index contributed by atoms with van der Waals surface area (Å²) in [5.41, 5.74) is 1.07. The number of carboxylic acid groups (broad SMARTS) is 1. The Morgan fingerprint density at radius 2 is 1.50 bits per heavy atom. The van der Waals surface area contributed by atoms with E-state index in [4.69, 9.17) is 0 Å². The van der Waals surface area contributed by atoms with Gasteiger partial charge in [-0.3, -0.25) is 4.79 Å². The molecule has 0 amide bonds. The summed E-state index contributed by atoms with van der Waals surface area (Å²) < 4.78 is 0. The van der Waals surface area contributed by atoms with E-state index in [2.05, 4.69) is 26.0 Å². The lowest BCUT2D eigenvalue weighted by Crippen LogP contribution is -2.60. The van der Waals surface area contributed by atoms with E-state index < -0.39 is 5.97 Å². The van der Waals surface area contributed by atoms with Crippen LogP contribution in [-0.4, -0.2) is 11.1 Å². The molecule has 2 heteroatoms. The second kappa shape index (κ2) is 4.92. The Balaban J connectivity index is 1.36. The highest BCUT2D eigenvalue weighted by Crippen LogP contribution is 2.81. The van der Waals surface area contributed by atoms with Crippen LogP contribution in [0.1, 0.15) is 71.6 Å². The number of rotatable bonds is 3. The third-order valence-corrected chi connectivity index (χ3v) is 12.3. The molecule has 0 aromatic rings. The molecule has 0 aromatic carbocycles. The number of aliphatic carboxylic acids is 1. The smallest absolute Gasteiger partial charge is 0.306 e. The monoisotopic (exact) mass is 380 g/mol. The van der Waals surface area contributed by atoms with Crippen molar-refractivity contribution in [3.8, 4) is 0 Å². The summed E-state index contributed by atoms with van der Waals surface area (Å²) in [6.07, 6.45) is 17.4. The molecule has 7 fully saturated rings. The van der Waals surface area contributed by atoms with Crippen LogP contribution < -0.4 is 0 Å². The zero-order chi connectivity index (χ0) is 19.1. The average molecular weight is 381 g/mol. The molecular weight excluding hydrogens is 344 g/mol. The van der Waals surface area contributed by atoms with Gasteiger partial charge in [0.05, 0.1) is 5.92 Å². The van der Waals surface area contributed by atoms with Gasteiger partial charge < -0.3 is 5.11 Å². The van der Waals surface area contributed by atoms with Gasteiger partial charge in [0.15, 0.2) is 0 Å². The standard InChI is InChI=1S/C26H36O2/c1-24(2,25-9-14-5-15(10-25)7-16(6-14)11-25)26-12-19(20(13-26)23(27)28)21-17-3-4-18(8-17)22(21)26/h3-4,14-22H,5-13H2,1-2H3,(H,27,28). The van der Waals surface area contributed by atoms with Gasteiger partial charge in [-0.25, -0.2) is 0 Å². The largest absolute Gasteiger partial charge is 0.481 e. The maximum absolute atomic E-state index is 12.3. The van der Waals surface area contributed by atoms with Crippen LogP contribution in [0.5, 0.6) is 0 Å². The Hall–Kier alpha value is -0.790. The zero-order valence-electron chi connectivity index (χ0n) is 17.6. The van der Waals surface area contributed by atoms with Gasteiger partial charge in [-0.15, -0.1) is 0 Å². The minimum atomic E-state index is -0.488. The summed E-state index contributed by atoms with van der Waals surface area (Å²) in [7, 11) is 0. The van der Waals surface area contributed by atoms with E-state index in [1.807, 2.05) is 0 Å². The predicted octanol–water partition coefficient (Wildman–Crippen LogP) is 5.78. The van der Waals surface area contributed by atoms with Crippen molar-refractivity contribution in [3.05, 3.63) is 12.2 Å². The topological polar surface area (TPSA) is 37.3 Å². The van der Waals surface area contributed by atoms with Gasteiger partial charge in [0, 0.05) is 0 Å². The Bertz CT molecular complexity index is 742. The van der Waals surface area contributed by atoms with E-state index in [0.29, 0.717) is 23.2 Å². The SMILES string of the molecule is CC(C)(C12CC3CC(CC(C3)C1)C2)C12CC(C(=O)O)C(C1)C1C3C=CC(C3)C12. The highest BCUT2D eigenvalue weighted by molar-refractivity contribution is 5.71. The van der Waals surface area contributed by atoms with Crippen LogP contribution in [0.4, 0.5) is 0 Å². The molecule has 7 unspecified atom stereocenters. The highest BCUT2D eigenvalue weighted by atomic mass is 16.4. The normalized spacial score (nSPS) is 60.0. The van der Waals surface area contributed by atoms with Crippen molar-refractivity contribution in [2.24, 2.45) is 69.5 Å². The van der Waals surface area contributed by atoms with Crippen LogP contribution in [0.15, 0.2) is 12.2 Å². The maximum atomic E-state index is 12.3. The zero-order valence-corrected chi connectivity index (χ0v) is 17.6. The first-order chi connectivity index (χ1) is 13.3. The predicted molar refractivity (Wildman–Crippen MR) is 108 cm³/mol. The average Bonchev–Trinajstić information content (AvgIpc) is 3.38. The Kier molecular flexibility index (Phi) is 2.98. The molecule has 2 nitrogen and oxygen atoms in total. The molecular formula is C26H36O2. The molecule has 28 heavy (non-hydrogen) atoms. The summed E-state index contributed by atoms with van der Waals surface area (Å²) in [5, 5.41) is 10.1. The summed E-state index contributed by atoms with van der Waals surface area (Å²) in [5.74, 6) is 5.74. The van der Waals surface area contributed by atoms with E-state index >= 15 is 0 Å².